The van der Waals surface area contributed by atoms with E-state index in [1.54, 1.807) is 0 Å². The van der Waals surface area contributed by atoms with Crippen LogP contribution in [0.15, 0.2) is 0 Å². The van der Waals surface area contributed by atoms with Crippen LogP contribution in [-0.4, -0.2) is 70.1 Å². The summed E-state index contributed by atoms with van der Waals surface area (Å²) in [6, 6.07) is 0. The average molecular weight is 251 g/mol. The minimum Gasteiger partial charge on any atom is -0.355 e. The zero-order valence-corrected chi connectivity index (χ0v) is 11.2. The van der Waals surface area contributed by atoms with Crippen molar-refractivity contribution in [3.05, 3.63) is 0 Å². The average Bonchev–Trinajstić information content (AvgIpc) is 2.07. The SMILES string of the molecule is CC(=O)NCCN(CCN(C)C)S(C)(=O)=O. The molecule has 0 aromatic heterocycles. The lowest BCUT2D eigenvalue weighted by Crippen LogP contribution is -2.40. The van der Waals surface area contributed by atoms with Gasteiger partial charge in [0.1, 0.15) is 0 Å². The minimum atomic E-state index is -3.20. The molecule has 0 radical (unpaired) electrons. The molecule has 96 valence electrons. The predicted octanol–water partition coefficient (Wildman–Crippen LogP) is -1.05. The van der Waals surface area contributed by atoms with E-state index in [1.807, 2.05) is 19.0 Å². The number of carbonyl (C=O) groups is 1. The predicted molar refractivity (Wildman–Crippen MR) is 63.7 cm³/mol. The molecule has 0 atom stereocenters. The summed E-state index contributed by atoms with van der Waals surface area (Å²) in [5, 5.41) is 2.58. The fraction of sp³-hybridized carbons (Fsp3) is 0.889. The van der Waals surface area contributed by atoms with Gasteiger partial charge in [0.15, 0.2) is 0 Å². The lowest BCUT2D eigenvalue weighted by Gasteiger charge is -2.21. The van der Waals surface area contributed by atoms with Crippen molar-refractivity contribution in [2.45, 2.75) is 6.92 Å². The Morgan fingerprint density at radius 2 is 1.75 bits per heavy atom. The molecule has 0 fully saturated rings. The molecule has 7 heteroatoms. The molecule has 6 nitrogen and oxygen atoms in total. The zero-order valence-electron chi connectivity index (χ0n) is 10.4. The van der Waals surface area contributed by atoms with Gasteiger partial charge in [-0.05, 0) is 14.1 Å². The van der Waals surface area contributed by atoms with E-state index in [1.165, 1.54) is 17.5 Å². The molecule has 1 N–H and O–H groups in total. The van der Waals surface area contributed by atoms with E-state index in [9.17, 15) is 13.2 Å². The molecule has 0 bridgehead atoms. The smallest absolute Gasteiger partial charge is 0.216 e. The topological polar surface area (TPSA) is 69.7 Å². The lowest BCUT2D eigenvalue weighted by atomic mass is 10.5. The molecule has 0 heterocycles. The molecule has 0 spiro atoms. The molecule has 0 saturated heterocycles. The van der Waals surface area contributed by atoms with E-state index in [-0.39, 0.29) is 5.91 Å². The maximum absolute atomic E-state index is 11.4. The Balaban J connectivity index is 4.18. The summed E-state index contributed by atoms with van der Waals surface area (Å²) < 4.78 is 24.2. The van der Waals surface area contributed by atoms with Crippen LogP contribution in [0.2, 0.25) is 0 Å². The van der Waals surface area contributed by atoms with Gasteiger partial charge in [-0.1, -0.05) is 0 Å². The van der Waals surface area contributed by atoms with Gasteiger partial charge in [0.05, 0.1) is 6.26 Å². The summed E-state index contributed by atoms with van der Waals surface area (Å²) in [7, 11) is 0.563. The number of rotatable bonds is 7. The van der Waals surface area contributed by atoms with E-state index in [4.69, 9.17) is 0 Å². The lowest BCUT2D eigenvalue weighted by molar-refractivity contribution is -0.118. The highest BCUT2D eigenvalue weighted by Crippen LogP contribution is 1.96. The summed E-state index contributed by atoms with van der Waals surface area (Å²) >= 11 is 0. The monoisotopic (exact) mass is 251 g/mol. The minimum absolute atomic E-state index is 0.152. The van der Waals surface area contributed by atoms with Gasteiger partial charge in [0, 0.05) is 33.1 Å². The maximum atomic E-state index is 11.4. The van der Waals surface area contributed by atoms with Crippen LogP contribution in [0, 0.1) is 0 Å². The van der Waals surface area contributed by atoms with Gasteiger partial charge in [-0.3, -0.25) is 4.79 Å². The molecule has 0 rings (SSSR count). The first-order chi connectivity index (χ1) is 7.23. The van der Waals surface area contributed by atoms with Crippen LogP contribution >= 0.6 is 0 Å². The molecule has 1 amide bonds. The van der Waals surface area contributed by atoms with Gasteiger partial charge >= 0.3 is 0 Å². The fourth-order valence-corrected chi connectivity index (χ4v) is 1.95. The zero-order chi connectivity index (χ0) is 12.8. The van der Waals surface area contributed by atoms with Gasteiger partial charge in [-0.25, -0.2) is 8.42 Å². The number of hydrogen-bond acceptors (Lipinski definition) is 4. The number of carbonyl (C=O) groups excluding carboxylic acids is 1. The van der Waals surface area contributed by atoms with Gasteiger partial charge in [-0.15, -0.1) is 0 Å². The van der Waals surface area contributed by atoms with Gasteiger partial charge in [-0.2, -0.15) is 4.31 Å². The highest BCUT2D eigenvalue weighted by atomic mass is 32.2. The number of likely N-dealkylation sites (N-methyl/N-ethyl adjacent to an activating group) is 1. The van der Waals surface area contributed by atoms with E-state index in [0.717, 1.165) is 0 Å². The molecular formula is C9H21N3O3S. The molecule has 0 aliphatic heterocycles. The Morgan fingerprint density at radius 1 is 1.19 bits per heavy atom. The van der Waals surface area contributed by atoms with E-state index in [2.05, 4.69) is 5.32 Å². The standard InChI is InChI=1S/C9H21N3O3S/c1-9(13)10-5-6-12(16(4,14)15)8-7-11(2)3/h5-8H2,1-4H3,(H,10,13). The summed E-state index contributed by atoms with van der Waals surface area (Å²) in [4.78, 5) is 12.6. The Kier molecular flexibility index (Phi) is 6.54. The summed E-state index contributed by atoms with van der Waals surface area (Å²) in [5.41, 5.74) is 0. The van der Waals surface area contributed by atoms with Gasteiger partial charge in [0.2, 0.25) is 15.9 Å². The first-order valence-electron chi connectivity index (χ1n) is 5.07. The van der Waals surface area contributed by atoms with Crippen molar-refractivity contribution in [2.75, 3.05) is 46.5 Å². The molecule has 16 heavy (non-hydrogen) atoms. The van der Waals surface area contributed by atoms with Crippen molar-refractivity contribution in [2.24, 2.45) is 0 Å². The van der Waals surface area contributed by atoms with Crippen LogP contribution in [0.4, 0.5) is 0 Å². The first kappa shape index (κ1) is 15.3. The number of hydrogen-bond donors (Lipinski definition) is 1. The van der Waals surface area contributed by atoms with Crippen molar-refractivity contribution < 1.29 is 13.2 Å². The normalized spacial score (nSPS) is 12.1. The third-order valence-electron chi connectivity index (χ3n) is 2.00. The maximum Gasteiger partial charge on any atom is 0.216 e. The highest BCUT2D eigenvalue weighted by Gasteiger charge is 2.15. The van der Waals surface area contributed by atoms with Gasteiger partial charge < -0.3 is 10.2 Å². The second-order valence-corrected chi connectivity index (χ2v) is 5.93. The molecule has 0 aliphatic rings. The Labute approximate surface area is 97.7 Å². The Hall–Kier alpha value is -0.660. The van der Waals surface area contributed by atoms with Crippen LogP contribution in [-0.2, 0) is 14.8 Å². The van der Waals surface area contributed by atoms with E-state index >= 15 is 0 Å². The van der Waals surface area contributed by atoms with Crippen molar-refractivity contribution >= 4 is 15.9 Å². The number of amides is 1. The van der Waals surface area contributed by atoms with E-state index in [0.29, 0.717) is 26.2 Å². The van der Waals surface area contributed by atoms with Crippen molar-refractivity contribution in [3.8, 4) is 0 Å². The number of nitrogens with one attached hydrogen (secondary N) is 1. The number of sulfonamides is 1. The second-order valence-electron chi connectivity index (χ2n) is 3.95. The third kappa shape index (κ3) is 7.61. The summed E-state index contributed by atoms with van der Waals surface area (Å²) in [6.07, 6.45) is 1.18. The molecule has 0 aromatic rings. The van der Waals surface area contributed by atoms with Crippen LogP contribution in [0.25, 0.3) is 0 Å². The molecule has 0 aromatic carbocycles. The summed E-state index contributed by atoms with van der Waals surface area (Å²) in [6.45, 7) is 3.16. The van der Waals surface area contributed by atoms with Crippen LogP contribution < -0.4 is 5.32 Å². The Morgan fingerprint density at radius 3 is 2.12 bits per heavy atom. The fourth-order valence-electron chi connectivity index (χ4n) is 1.11. The van der Waals surface area contributed by atoms with Crippen LogP contribution in [0.5, 0.6) is 0 Å². The highest BCUT2D eigenvalue weighted by molar-refractivity contribution is 7.88. The van der Waals surface area contributed by atoms with E-state index < -0.39 is 10.0 Å². The molecular weight excluding hydrogens is 230 g/mol. The Bertz CT molecular complexity index is 314. The van der Waals surface area contributed by atoms with Crippen molar-refractivity contribution in [3.63, 3.8) is 0 Å². The number of nitrogens with zero attached hydrogens (tertiary/aromatic N) is 2. The third-order valence-corrected chi connectivity index (χ3v) is 3.30. The van der Waals surface area contributed by atoms with Gasteiger partial charge in [0.25, 0.3) is 0 Å². The first-order valence-corrected chi connectivity index (χ1v) is 6.92. The molecule has 0 aliphatic carbocycles. The molecule has 0 unspecified atom stereocenters. The largest absolute Gasteiger partial charge is 0.355 e. The van der Waals surface area contributed by atoms with Crippen LogP contribution in [0.1, 0.15) is 6.92 Å². The van der Waals surface area contributed by atoms with Crippen molar-refractivity contribution in [1.29, 1.82) is 0 Å². The molecule has 0 saturated carbocycles. The van der Waals surface area contributed by atoms with Crippen LogP contribution in [0.3, 0.4) is 0 Å². The summed E-state index contributed by atoms with van der Waals surface area (Å²) in [5.74, 6) is -0.152. The quantitative estimate of drug-likeness (QED) is 0.626. The van der Waals surface area contributed by atoms with Crippen molar-refractivity contribution in [1.82, 2.24) is 14.5 Å². The second kappa shape index (κ2) is 6.82.